The number of anilines is 1. The summed E-state index contributed by atoms with van der Waals surface area (Å²) in [6.07, 6.45) is 4.73. The number of oxime groups is 1. The zero-order valence-corrected chi connectivity index (χ0v) is 19.8. The lowest BCUT2D eigenvalue weighted by Gasteiger charge is -2.28. The molecule has 0 radical (unpaired) electrons. The number of ether oxygens (including phenoxy) is 1. The van der Waals surface area contributed by atoms with Crippen LogP contribution in [0.3, 0.4) is 0 Å². The smallest absolute Gasteiger partial charge is 0.220 e. The summed E-state index contributed by atoms with van der Waals surface area (Å²) in [6.45, 7) is 6.49. The topological polar surface area (TPSA) is 98.8 Å². The molecule has 0 saturated carbocycles. The van der Waals surface area contributed by atoms with E-state index in [4.69, 9.17) is 15.3 Å². The van der Waals surface area contributed by atoms with Crippen LogP contribution in [-0.2, 0) is 16.0 Å². The van der Waals surface area contributed by atoms with E-state index in [9.17, 15) is 4.39 Å². The van der Waals surface area contributed by atoms with Crippen LogP contribution in [0.2, 0.25) is 0 Å². The second-order valence-corrected chi connectivity index (χ2v) is 8.89. The van der Waals surface area contributed by atoms with Crippen molar-refractivity contribution in [3.05, 3.63) is 71.1 Å². The fraction of sp³-hybridized carbons (Fsp3) is 0.385. The molecule has 8 nitrogen and oxygen atoms in total. The molecular formula is C26H29FN6O2. The van der Waals surface area contributed by atoms with E-state index < -0.39 is 0 Å². The van der Waals surface area contributed by atoms with E-state index in [1.807, 2.05) is 25.1 Å². The van der Waals surface area contributed by atoms with Crippen molar-refractivity contribution in [2.75, 3.05) is 45.2 Å². The summed E-state index contributed by atoms with van der Waals surface area (Å²) in [5.41, 5.74) is 12.0. The largest absolute Gasteiger partial charge is 0.394 e. The van der Waals surface area contributed by atoms with Gasteiger partial charge in [-0.3, -0.25) is 9.88 Å². The first-order valence-corrected chi connectivity index (χ1v) is 11.9. The highest BCUT2D eigenvalue weighted by Gasteiger charge is 2.30. The summed E-state index contributed by atoms with van der Waals surface area (Å²) in [7, 11) is 0. The number of morpholine rings is 1. The third kappa shape index (κ3) is 5.31. The zero-order valence-electron chi connectivity index (χ0n) is 19.8. The molecule has 1 saturated heterocycles. The lowest BCUT2D eigenvalue weighted by molar-refractivity contribution is 0.0211. The van der Waals surface area contributed by atoms with E-state index in [0.29, 0.717) is 19.4 Å². The Hall–Kier alpha value is -3.43. The van der Waals surface area contributed by atoms with E-state index in [-0.39, 0.29) is 17.7 Å². The molecule has 9 heteroatoms. The molecule has 0 spiro atoms. The number of nitrogen functional groups attached to an aromatic ring is 1. The number of hydrogen-bond donors (Lipinski definition) is 1. The first-order valence-electron chi connectivity index (χ1n) is 11.9. The van der Waals surface area contributed by atoms with Gasteiger partial charge in [-0.2, -0.15) is 0 Å². The molecule has 3 heterocycles. The monoisotopic (exact) mass is 476 g/mol. The molecule has 1 unspecified atom stereocenters. The third-order valence-corrected chi connectivity index (χ3v) is 6.56. The highest BCUT2D eigenvalue weighted by Crippen LogP contribution is 2.38. The van der Waals surface area contributed by atoms with Gasteiger partial charge in [0.1, 0.15) is 12.4 Å². The van der Waals surface area contributed by atoms with Crippen LogP contribution in [0, 0.1) is 12.7 Å². The summed E-state index contributed by atoms with van der Waals surface area (Å²) < 4.78 is 19.7. The van der Waals surface area contributed by atoms with Crippen LogP contribution < -0.4 is 5.73 Å². The first-order chi connectivity index (χ1) is 17.1. The van der Waals surface area contributed by atoms with Crippen molar-refractivity contribution in [2.24, 2.45) is 5.16 Å². The Morgan fingerprint density at radius 3 is 2.86 bits per heavy atom. The maximum Gasteiger partial charge on any atom is 0.220 e. The van der Waals surface area contributed by atoms with Gasteiger partial charge in [-0.05, 0) is 48.6 Å². The zero-order chi connectivity index (χ0) is 24.2. The quantitative estimate of drug-likeness (QED) is 0.430. The van der Waals surface area contributed by atoms with Crippen molar-refractivity contribution in [2.45, 2.75) is 25.7 Å². The maximum atomic E-state index is 14.3. The molecule has 2 aromatic heterocycles. The van der Waals surface area contributed by atoms with Gasteiger partial charge in [-0.1, -0.05) is 17.3 Å². The summed E-state index contributed by atoms with van der Waals surface area (Å²) in [5.74, 6) is -0.0266. The second-order valence-electron chi connectivity index (χ2n) is 8.89. The minimum absolute atomic E-state index is 0.0219. The van der Waals surface area contributed by atoms with Gasteiger partial charge < -0.3 is 15.3 Å². The van der Waals surface area contributed by atoms with Crippen LogP contribution in [-0.4, -0.2) is 65.0 Å². The molecule has 1 atom stereocenters. The fourth-order valence-corrected chi connectivity index (χ4v) is 4.90. The van der Waals surface area contributed by atoms with Crippen molar-refractivity contribution in [1.82, 2.24) is 19.9 Å². The van der Waals surface area contributed by atoms with Gasteiger partial charge in [0.25, 0.3) is 0 Å². The number of pyridine rings is 1. The molecule has 1 aromatic carbocycles. The number of aromatic nitrogens is 3. The maximum absolute atomic E-state index is 14.3. The SMILES string of the molecule is Cc1nc(N)nc2c1C(=NOCCN1CCOCC1)CC(c1ccc(F)cc1-c1cccnc1)C2. The molecular weight excluding hydrogens is 447 g/mol. The molecule has 2 aliphatic rings. The Balaban J connectivity index is 1.45. The van der Waals surface area contributed by atoms with Gasteiger partial charge in [0.15, 0.2) is 0 Å². The highest BCUT2D eigenvalue weighted by atomic mass is 19.1. The number of hydrogen-bond acceptors (Lipinski definition) is 8. The Kier molecular flexibility index (Phi) is 6.96. The predicted molar refractivity (Wildman–Crippen MR) is 132 cm³/mol. The Morgan fingerprint density at radius 1 is 1.20 bits per heavy atom. The Bertz CT molecular complexity index is 1210. The molecule has 0 bridgehead atoms. The number of nitrogens with zero attached hydrogens (tertiary/aromatic N) is 5. The van der Waals surface area contributed by atoms with Crippen LogP contribution in [0.1, 0.15) is 34.9 Å². The van der Waals surface area contributed by atoms with Crippen molar-refractivity contribution in [3.63, 3.8) is 0 Å². The van der Waals surface area contributed by atoms with Gasteiger partial charge in [0, 0.05) is 49.6 Å². The van der Waals surface area contributed by atoms with Crippen LogP contribution in [0.15, 0.2) is 47.9 Å². The van der Waals surface area contributed by atoms with E-state index >= 15 is 0 Å². The van der Waals surface area contributed by atoms with E-state index in [0.717, 1.165) is 72.2 Å². The van der Waals surface area contributed by atoms with Gasteiger partial charge in [-0.25, -0.2) is 14.4 Å². The van der Waals surface area contributed by atoms with Crippen LogP contribution in [0.4, 0.5) is 10.3 Å². The Labute approximate surface area is 204 Å². The summed E-state index contributed by atoms with van der Waals surface area (Å²) in [4.78, 5) is 21.2. The van der Waals surface area contributed by atoms with Gasteiger partial charge in [0.05, 0.1) is 30.3 Å². The normalized spacial score (nSPS) is 19.5. The lowest BCUT2D eigenvalue weighted by atomic mass is 9.78. The standard InChI is InChI=1S/C26H29FN6O2/c1-17-25-23(31-26(28)30-17)13-19(14-24(25)32-35-12-9-33-7-10-34-11-8-33)21-5-4-20(27)15-22(21)18-3-2-6-29-16-18/h2-6,15-16,19H,7-14H2,1H3,(H2,28,30,31). The molecule has 35 heavy (non-hydrogen) atoms. The van der Waals surface area contributed by atoms with Crippen LogP contribution in [0.25, 0.3) is 11.1 Å². The number of aryl methyl sites for hydroxylation is 1. The van der Waals surface area contributed by atoms with Crippen LogP contribution in [0.5, 0.6) is 0 Å². The Morgan fingerprint density at radius 2 is 2.06 bits per heavy atom. The van der Waals surface area contributed by atoms with E-state index in [2.05, 4.69) is 25.0 Å². The van der Waals surface area contributed by atoms with Crippen molar-refractivity contribution in [1.29, 1.82) is 0 Å². The molecule has 3 aromatic rings. The third-order valence-electron chi connectivity index (χ3n) is 6.56. The molecule has 1 aliphatic carbocycles. The molecule has 5 rings (SSSR count). The minimum atomic E-state index is -0.286. The van der Waals surface area contributed by atoms with Gasteiger partial charge in [0.2, 0.25) is 5.95 Å². The van der Waals surface area contributed by atoms with Crippen LogP contribution >= 0.6 is 0 Å². The van der Waals surface area contributed by atoms with E-state index in [1.54, 1.807) is 18.5 Å². The summed E-state index contributed by atoms with van der Waals surface area (Å²) in [6, 6.07) is 8.71. The van der Waals surface area contributed by atoms with E-state index in [1.165, 1.54) is 6.07 Å². The average Bonchev–Trinajstić information content (AvgIpc) is 2.87. The number of fused-ring (bicyclic) bond motifs is 1. The van der Waals surface area contributed by atoms with Gasteiger partial charge >= 0.3 is 0 Å². The second kappa shape index (κ2) is 10.5. The molecule has 1 fully saturated rings. The van der Waals surface area contributed by atoms with Crippen molar-refractivity contribution >= 4 is 11.7 Å². The minimum Gasteiger partial charge on any atom is -0.394 e. The molecule has 182 valence electrons. The average molecular weight is 477 g/mol. The summed E-state index contributed by atoms with van der Waals surface area (Å²) in [5, 5.41) is 4.55. The molecule has 1 aliphatic heterocycles. The molecule has 0 amide bonds. The van der Waals surface area contributed by atoms with Crippen molar-refractivity contribution < 1.29 is 14.0 Å². The molecule has 2 N–H and O–H groups in total. The lowest BCUT2D eigenvalue weighted by Crippen LogP contribution is -2.38. The first kappa shape index (κ1) is 23.3. The number of halogens is 1. The summed E-state index contributed by atoms with van der Waals surface area (Å²) >= 11 is 0. The van der Waals surface area contributed by atoms with Crippen molar-refractivity contribution in [3.8, 4) is 11.1 Å². The number of rotatable bonds is 6. The highest BCUT2D eigenvalue weighted by molar-refractivity contribution is 6.03. The fourth-order valence-electron chi connectivity index (χ4n) is 4.90. The number of nitrogens with two attached hydrogens (primary N) is 1. The number of benzene rings is 1. The predicted octanol–water partition coefficient (Wildman–Crippen LogP) is 3.35. The van der Waals surface area contributed by atoms with Gasteiger partial charge in [-0.15, -0.1) is 0 Å².